The Morgan fingerprint density at radius 3 is 2.58 bits per heavy atom. The van der Waals surface area contributed by atoms with E-state index in [4.69, 9.17) is 9.94 Å². The average Bonchev–Trinajstić information content (AvgIpc) is 2.44. The van der Waals surface area contributed by atoms with Crippen molar-refractivity contribution < 1.29 is 25.3 Å². The van der Waals surface area contributed by atoms with Gasteiger partial charge in [0.1, 0.15) is 12.2 Å². The van der Waals surface area contributed by atoms with Crippen molar-refractivity contribution in [2.75, 3.05) is 13.2 Å². The monoisotopic (exact) mass is 269 g/mol. The maximum absolute atomic E-state index is 9.94. The largest absolute Gasteiger partial charge is 0.394 e. The molecule has 0 amide bonds. The lowest BCUT2D eigenvalue weighted by Gasteiger charge is -2.42. The van der Waals surface area contributed by atoms with Crippen molar-refractivity contribution in [2.24, 2.45) is 0 Å². The Kier molecular flexibility index (Phi) is 4.87. The second-order valence-electron chi connectivity index (χ2n) is 4.66. The predicted octanol–water partition coefficient (Wildman–Crippen LogP) is -1.12. The molecule has 0 saturated carbocycles. The Hall–Kier alpha value is -1.02. The van der Waals surface area contributed by atoms with Crippen LogP contribution in [0.3, 0.4) is 0 Å². The van der Waals surface area contributed by atoms with Crippen LogP contribution in [0.4, 0.5) is 0 Å². The second kappa shape index (κ2) is 6.42. The number of hydrogen-bond acceptors (Lipinski definition) is 6. The van der Waals surface area contributed by atoms with Gasteiger partial charge in [0, 0.05) is 6.54 Å². The molecule has 4 N–H and O–H groups in total. The molecular weight excluding hydrogens is 250 g/mol. The fourth-order valence-corrected chi connectivity index (χ4v) is 2.20. The number of hydroxylamine groups is 2. The Labute approximate surface area is 111 Å². The van der Waals surface area contributed by atoms with E-state index >= 15 is 0 Å². The molecule has 0 aliphatic carbocycles. The Bertz CT molecular complexity index is 388. The van der Waals surface area contributed by atoms with Crippen molar-refractivity contribution in [3.8, 4) is 0 Å². The molecule has 1 heterocycles. The molecule has 0 spiro atoms. The van der Waals surface area contributed by atoms with Gasteiger partial charge in [0.15, 0.2) is 0 Å². The summed E-state index contributed by atoms with van der Waals surface area (Å²) in [6.07, 6.45) is -3.42. The van der Waals surface area contributed by atoms with Crippen LogP contribution in [-0.4, -0.2) is 63.1 Å². The molecule has 1 aromatic carbocycles. The lowest BCUT2D eigenvalue weighted by atomic mass is 9.98. The van der Waals surface area contributed by atoms with E-state index in [0.29, 0.717) is 6.54 Å². The van der Waals surface area contributed by atoms with Gasteiger partial charge < -0.3 is 20.4 Å². The molecule has 0 aromatic heterocycles. The van der Waals surface area contributed by atoms with Crippen molar-refractivity contribution >= 4 is 0 Å². The summed E-state index contributed by atoms with van der Waals surface area (Å²) < 4.78 is 0. The summed E-state index contributed by atoms with van der Waals surface area (Å²) in [7, 11) is 0. The van der Waals surface area contributed by atoms with Gasteiger partial charge in [-0.2, -0.15) is 5.06 Å². The Morgan fingerprint density at radius 2 is 1.95 bits per heavy atom. The minimum absolute atomic E-state index is 0.0390. The summed E-state index contributed by atoms with van der Waals surface area (Å²) >= 11 is 0. The van der Waals surface area contributed by atoms with E-state index in [1.807, 2.05) is 30.3 Å². The normalized spacial score (nSPS) is 30.2. The third-order valence-electron chi connectivity index (χ3n) is 3.25. The maximum Gasteiger partial charge on any atom is 0.107 e. The average molecular weight is 269 g/mol. The Morgan fingerprint density at radius 1 is 1.26 bits per heavy atom. The highest BCUT2D eigenvalue weighted by molar-refractivity contribution is 5.14. The van der Waals surface area contributed by atoms with E-state index in [0.717, 1.165) is 5.56 Å². The molecule has 1 aliphatic rings. The summed E-state index contributed by atoms with van der Waals surface area (Å²) in [6, 6.07) is 8.56. The van der Waals surface area contributed by atoms with Gasteiger partial charge in [-0.25, -0.2) is 0 Å². The summed E-state index contributed by atoms with van der Waals surface area (Å²) in [4.78, 5) is 5.35. The lowest BCUT2D eigenvalue weighted by Crippen LogP contribution is -2.60. The predicted molar refractivity (Wildman–Crippen MR) is 66.8 cm³/mol. The zero-order chi connectivity index (χ0) is 13.8. The quantitative estimate of drug-likeness (QED) is 0.553. The topological polar surface area (TPSA) is 93.4 Å². The highest BCUT2D eigenvalue weighted by Gasteiger charge is 2.41. The number of rotatable bonds is 4. The molecule has 6 heteroatoms. The van der Waals surface area contributed by atoms with Gasteiger partial charge in [0.2, 0.25) is 0 Å². The van der Waals surface area contributed by atoms with Crippen LogP contribution in [-0.2, 0) is 11.4 Å². The summed E-state index contributed by atoms with van der Waals surface area (Å²) in [5, 5.41) is 39.8. The number of benzene rings is 1. The van der Waals surface area contributed by atoms with Gasteiger partial charge in [0.05, 0.1) is 25.4 Å². The van der Waals surface area contributed by atoms with Crippen LogP contribution in [0.2, 0.25) is 0 Å². The standard InChI is InChI=1S/C13H19NO5/c15-7-10(16)12-13(18)11(17)8-19-14(12)6-9-4-2-1-3-5-9/h1-5,10-13,15-18H,6-8H2/t10-,11+,12+,13+/m1/s1. The molecule has 0 bridgehead atoms. The van der Waals surface area contributed by atoms with E-state index in [2.05, 4.69) is 0 Å². The number of aliphatic hydroxyl groups is 4. The van der Waals surface area contributed by atoms with Crippen LogP contribution < -0.4 is 0 Å². The van der Waals surface area contributed by atoms with E-state index in [1.54, 1.807) is 0 Å². The molecule has 2 rings (SSSR count). The first-order valence-corrected chi connectivity index (χ1v) is 6.22. The summed E-state index contributed by atoms with van der Waals surface area (Å²) in [5.74, 6) is 0. The first-order chi connectivity index (χ1) is 9.13. The van der Waals surface area contributed by atoms with Crippen molar-refractivity contribution in [2.45, 2.75) is 30.9 Å². The van der Waals surface area contributed by atoms with Crippen LogP contribution in [0.25, 0.3) is 0 Å². The minimum Gasteiger partial charge on any atom is -0.394 e. The maximum atomic E-state index is 9.94. The van der Waals surface area contributed by atoms with Gasteiger partial charge in [-0.3, -0.25) is 4.84 Å². The molecule has 0 radical (unpaired) electrons. The highest BCUT2D eigenvalue weighted by Crippen LogP contribution is 2.21. The SMILES string of the molecule is OC[C@@H](O)[C@H]1[C@@H](O)[C@@H](O)CON1Cc1ccccc1. The third-order valence-corrected chi connectivity index (χ3v) is 3.25. The van der Waals surface area contributed by atoms with Gasteiger partial charge in [0.25, 0.3) is 0 Å². The molecule has 1 aliphatic heterocycles. The number of nitrogens with zero attached hydrogens (tertiary/aromatic N) is 1. The first kappa shape index (κ1) is 14.4. The van der Waals surface area contributed by atoms with Crippen LogP contribution in [0.5, 0.6) is 0 Å². The molecule has 106 valence electrons. The van der Waals surface area contributed by atoms with Crippen LogP contribution in [0.15, 0.2) is 30.3 Å². The fraction of sp³-hybridized carbons (Fsp3) is 0.538. The Balaban J connectivity index is 2.12. The van der Waals surface area contributed by atoms with Gasteiger partial charge >= 0.3 is 0 Å². The molecule has 4 atom stereocenters. The van der Waals surface area contributed by atoms with E-state index in [1.165, 1.54) is 5.06 Å². The van der Waals surface area contributed by atoms with Crippen molar-refractivity contribution in [1.29, 1.82) is 0 Å². The third kappa shape index (κ3) is 3.30. The van der Waals surface area contributed by atoms with Crippen LogP contribution in [0.1, 0.15) is 5.56 Å². The molecule has 1 fully saturated rings. The smallest absolute Gasteiger partial charge is 0.107 e. The van der Waals surface area contributed by atoms with Crippen molar-refractivity contribution in [3.05, 3.63) is 35.9 Å². The van der Waals surface area contributed by atoms with Crippen molar-refractivity contribution in [1.82, 2.24) is 5.06 Å². The van der Waals surface area contributed by atoms with E-state index in [9.17, 15) is 15.3 Å². The molecule has 1 aromatic rings. The molecule has 6 nitrogen and oxygen atoms in total. The second-order valence-corrected chi connectivity index (χ2v) is 4.66. The number of hydrogen-bond donors (Lipinski definition) is 4. The lowest BCUT2D eigenvalue weighted by molar-refractivity contribution is -0.294. The first-order valence-electron chi connectivity index (χ1n) is 6.22. The fourth-order valence-electron chi connectivity index (χ4n) is 2.20. The minimum atomic E-state index is -1.19. The van der Waals surface area contributed by atoms with E-state index in [-0.39, 0.29) is 6.61 Å². The molecule has 19 heavy (non-hydrogen) atoms. The summed E-state index contributed by atoms with van der Waals surface area (Å²) in [6.45, 7) is -0.196. The van der Waals surface area contributed by atoms with Crippen molar-refractivity contribution in [3.63, 3.8) is 0 Å². The summed E-state index contributed by atoms with van der Waals surface area (Å²) in [5.41, 5.74) is 0.946. The van der Waals surface area contributed by atoms with E-state index < -0.39 is 31.0 Å². The zero-order valence-electron chi connectivity index (χ0n) is 10.5. The van der Waals surface area contributed by atoms with Crippen LogP contribution in [0, 0.1) is 0 Å². The highest BCUT2D eigenvalue weighted by atomic mass is 16.7. The number of aliphatic hydroxyl groups excluding tert-OH is 4. The van der Waals surface area contributed by atoms with Gasteiger partial charge in [-0.1, -0.05) is 30.3 Å². The zero-order valence-corrected chi connectivity index (χ0v) is 10.5. The van der Waals surface area contributed by atoms with Crippen LogP contribution >= 0.6 is 0 Å². The van der Waals surface area contributed by atoms with Gasteiger partial charge in [-0.15, -0.1) is 0 Å². The van der Waals surface area contributed by atoms with Gasteiger partial charge in [-0.05, 0) is 5.56 Å². The molecular formula is C13H19NO5. The molecule has 1 saturated heterocycles. The molecule has 0 unspecified atom stereocenters.